The van der Waals surface area contributed by atoms with Crippen LogP contribution in [0.2, 0.25) is 5.02 Å². The molecule has 0 bridgehead atoms. The van der Waals surface area contributed by atoms with Gasteiger partial charge in [-0.15, -0.1) is 0 Å². The second kappa shape index (κ2) is 8.45. The first-order valence-electron chi connectivity index (χ1n) is 10.2. The standard InChI is InChI=1S/C23H21ClN4O6/c1-23(2)21(31)28(22(32)34-23)17(19(29)26-15-7-5-6-8-16(15)33-4)18-25-14-10-9-12(24)11-13(14)20(30)27(18)3/h5-11,17H,1-4H3,(H,26,29). The lowest BCUT2D eigenvalue weighted by atomic mass is 10.1. The second-order valence-corrected chi connectivity index (χ2v) is 8.58. The minimum atomic E-state index is -1.61. The number of halogens is 1. The third-order valence-corrected chi connectivity index (χ3v) is 5.70. The minimum absolute atomic E-state index is 0.129. The van der Waals surface area contributed by atoms with Crippen LogP contribution in [0.25, 0.3) is 10.9 Å². The minimum Gasteiger partial charge on any atom is -0.495 e. The predicted molar refractivity (Wildman–Crippen MR) is 124 cm³/mol. The molecule has 1 N–H and O–H groups in total. The summed E-state index contributed by atoms with van der Waals surface area (Å²) >= 11 is 6.02. The fraction of sp³-hybridized carbons (Fsp3) is 0.261. The van der Waals surface area contributed by atoms with Gasteiger partial charge in [0.2, 0.25) is 0 Å². The fourth-order valence-corrected chi connectivity index (χ4v) is 3.88. The van der Waals surface area contributed by atoms with E-state index in [9.17, 15) is 19.2 Å². The molecule has 0 radical (unpaired) electrons. The monoisotopic (exact) mass is 484 g/mol. The van der Waals surface area contributed by atoms with Crippen molar-refractivity contribution in [2.75, 3.05) is 12.4 Å². The van der Waals surface area contributed by atoms with Gasteiger partial charge in [-0.1, -0.05) is 23.7 Å². The van der Waals surface area contributed by atoms with Crippen LogP contribution in [0.4, 0.5) is 10.5 Å². The number of carbonyl (C=O) groups excluding carboxylic acids is 3. The highest BCUT2D eigenvalue weighted by Crippen LogP contribution is 2.33. The van der Waals surface area contributed by atoms with Crippen LogP contribution in [0, 0.1) is 0 Å². The molecule has 4 rings (SSSR count). The number of aromatic nitrogens is 2. The summed E-state index contributed by atoms with van der Waals surface area (Å²) in [6.07, 6.45) is -1.03. The van der Waals surface area contributed by atoms with E-state index >= 15 is 0 Å². The molecule has 11 heteroatoms. The van der Waals surface area contributed by atoms with Gasteiger partial charge in [-0.25, -0.2) is 14.7 Å². The van der Waals surface area contributed by atoms with Gasteiger partial charge in [0.15, 0.2) is 11.6 Å². The second-order valence-electron chi connectivity index (χ2n) is 8.14. The van der Waals surface area contributed by atoms with E-state index in [1.807, 2.05) is 0 Å². The summed E-state index contributed by atoms with van der Waals surface area (Å²) in [5.41, 5.74) is -1.45. The van der Waals surface area contributed by atoms with E-state index in [1.54, 1.807) is 30.3 Å². The summed E-state index contributed by atoms with van der Waals surface area (Å²) in [5, 5.41) is 3.23. The van der Waals surface area contributed by atoms with Crippen molar-refractivity contribution >= 4 is 46.1 Å². The van der Waals surface area contributed by atoms with E-state index in [0.717, 1.165) is 4.57 Å². The first-order valence-corrected chi connectivity index (χ1v) is 10.6. The van der Waals surface area contributed by atoms with E-state index in [1.165, 1.54) is 40.1 Å². The number of rotatable bonds is 5. The summed E-state index contributed by atoms with van der Waals surface area (Å²) in [6, 6.07) is 9.54. The van der Waals surface area contributed by atoms with Crippen molar-refractivity contribution in [2.24, 2.45) is 7.05 Å². The van der Waals surface area contributed by atoms with Crippen molar-refractivity contribution in [3.63, 3.8) is 0 Å². The average molecular weight is 485 g/mol. The third kappa shape index (κ3) is 3.86. The quantitative estimate of drug-likeness (QED) is 0.591. The molecule has 0 saturated carbocycles. The maximum absolute atomic E-state index is 13.6. The highest BCUT2D eigenvalue weighted by molar-refractivity contribution is 6.31. The highest BCUT2D eigenvalue weighted by atomic mass is 35.5. The van der Waals surface area contributed by atoms with Gasteiger partial charge in [0.05, 0.1) is 23.7 Å². The Morgan fingerprint density at radius 3 is 2.53 bits per heavy atom. The molecule has 1 unspecified atom stereocenters. The number of amides is 3. The van der Waals surface area contributed by atoms with Crippen molar-refractivity contribution in [1.29, 1.82) is 0 Å². The van der Waals surface area contributed by atoms with Crippen LogP contribution in [-0.4, -0.2) is 45.1 Å². The molecule has 1 fully saturated rings. The number of hydrogen-bond donors (Lipinski definition) is 1. The van der Waals surface area contributed by atoms with Gasteiger partial charge in [0.25, 0.3) is 17.4 Å². The molecule has 2 heterocycles. The van der Waals surface area contributed by atoms with Crippen LogP contribution in [0.3, 0.4) is 0 Å². The number of benzene rings is 2. The number of ether oxygens (including phenoxy) is 2. The smallest absolute Gasteiger partial charge is 0.418 e. The Bertz CT molecular complexity index is 1400. The number of anilines is 1. The molecule has 0 spiro atoms. The van der Waals surface area contributed by atoms with E-state index < -0.39 is 35.1 Å². The lowest BCUT2D eigenvalue weighted by Crippen LogP contribution is -2.45. The van der Waals surface area contributed by atoms with Crippen LogP contribution in [0.5, 0.6) is 5.75 Å². The molecule has 1 saturated heterocycles. The lowest BCUT2D eigenvalue weighted by molar-refractivity contribution is -0.139. The zero-order valence-corrected chi connectivity index (χ0v) is 19.5. The molecule has 1 aliphatic heterocycles. The summed E-state index contributed by atoms with van der Waals surface area (Å²) in [7, 11) is 2.83. The molecule has 10 nitrogen and oxygen atoms in total. The molecule has 2 aromatic carbocycles. The number of para-hydroxylation sites is 2. The van der Waals surface area contributed by atoms with Gasteiger partial charge in [-0.05, 0) is 44.2 Å². The molecular formula is C23H21ClN4O6. The number of hydrogen-bond acceptors (Lipinski definition) is 7. The van der Waals surface area contributed by atoms with Crippen LogP contribution in [-0.2, 0) is 21.4 Å². The van der Waals surface area contributed by atoms with Gasteiger partial charge in [-0.2, -0.15) is 0 Å². The summed E-state index contributed by atoms with van der Waals surface area (Å²) < 4.78 is 11.6. The van der Waals surface area contributed by atoms with E-state index in [-0.39, 0.29) is 16.7 Å². The van der Waals surface area contributed by atoms with Crippen molar-refractivity contribution in [1.82, 2.24) is 14.5 Å². The molecule has 34 heavy (non-hydrogen) atoms. The molecule has 1 aliphatic rings. The number of imide groups is 1. The maximum atomic E-state index is 13.6. The topological polar surface area (TPSA) is 120 Å². The van der Waals surface area contributed by atoms with Gasteiger partial charge >= 0.3 is 6.09 Å². The van der Waals surface area contributed by atoms with Crippen molar-refractivity contribution in [3.05, 3.63) is 63.7 Å². The largest absolute Gasteiger partial charge is 0.495 e. The average Bonchev–Trinajstić information content (AvgIpc) is 2.99. The van der Waals surface area contributed by atoms with E-state index in [4.69, 9.17) is 21.1 Å². The van der Waals surface area contributed by atoms with Crippen molar-refractivity contribution in [3.8, 4) is 5.75 Å². The third-order valence-electron chi connectivity index (χ3n) is 5.46. The van der Waals surface area contributed by atoms with Crippen molar-refractivity contribution in [2.45, 2.75) is 25.5 Å². The number of carbonyl (C=O) groups is 3. The lowest BCUT2D eigenvalue weighted by Gasteiger charge is -2.25. The molecular weight excluding hydrogens is 464 g/mol. The zero-order valence-electron chi connectivity index (χ0n) is 18.8. The number of nitrogens with one attached hydrogen (secondary N) is 1. The van der Waals surface area contributed by atoms with Crippen LogP contribution >= 0.6 is 11.6 Å². The highest BCUT2D eigenvalue weighted by Gasteiger charge is 2.53. The van der Waals surface area contributed by atoms with Crippen LogP contribution in [0.15, 0.2) is 47.3 Å². The maximum Gasteiger partial charge on any atom is 0.418 e. The molecule has 0 aliphatic carbocycles. The summed E-state index contributed by atoms with van der Waals surface area (Å²) in [6.45, 7) is 2.83. The van der Waals surface area contributed by atoms with Crippen molar-refractivity contribution < 1.29 is 23.9 Å². The molecule has 176 valence electrons. The number of methoxy groups -OCH3 is 1. The predicted octanol–water partition coefficient (Wildman–Crippen LogP) is 3.03. The Kier molecular flexibility index (Phi) is 5.78. The first-order chi connectivity index (χ1) is 16.0. The normalized spacial score (nSPS) is 15.9. The van der Waals surface area contributed by atoms with Crippen LogP contribution < -0.4 is 15.6 Å². The van der Waals surface area contributed by atoms with Gasteiger partial charge < -0.3 is 14.8 Å². The summed E-state index contributed by atoms with van der Waals surface area (Å²) in [5.74, 6) is -1.30. The van der Waals surface area contributed by atoms with E-state index in [2.05, 4.69) is 10.3 Å². The van der Waals surface area contributed by atoms with E-state index in [0.29, 0.717) is 21.4 Å². The van der Waals surface area contributed by atoms with Crippen LogP contribution in [0.1, 0.15) is 25.7 Å². The number of nitrogens with zero attached hydrogens (tertiary/aromatic N) is 3. The molecule has 3 amide bonds. The Labute approximate surface area is 199 Å². The van der Waals surface area contributed by atoms with Gasteiger partial charge in [-0.3, -0.25) is 19.0 Å². The zero-order chi connectivity index (χ0) is 24.8. The molecule has 1 aromatic heterocycles. The molecule has 1 atom stereocenters. The Morgan fingerprint density at radius 2 is 1.88 bits per heavy atom. The van der Waals surface area contributed by atoms with Gasteiger partial charge in [0, 0.05) is 12.1 Å². The van der Waals surface area contributed by atoms with Gasteiger partial charge in [0.1, 0.15) is 11.6 Å². The number of fused-ring (bicyclic) bond motifs is 1. The SMILES string of the molecule is COc1ccccc1NC(=O)C(c1nc2ccc(Cl)cc2c(=O)n1C)N1C(=O)OC(C)(C)C1=O. The Balaban J connectivity index is 1.90. The first kappa shape index (κ1) is 23.2. The fourth-order valence-electron chi connectivity index (χ4n) is 3.71. The molecule has 3 aromatic rings. The number of cyclic esters (lactones) is 1. The Hall–Kier alpha value is -3.92. The summed E-state index contributed by atoms with van der Waals surface area (Å²) in [4.78, 5) is 57.6. The Morgan fingerprint density at radius 1 is 1.18 bits per heavy atom.